The van der Waals surface area contributed by atoms with Gasteiger partial charge in [-0.1, -0.05) is 23.8 Å². The fraction of sp³-hybridized carbons (Fsp3) is 0.462. The smallest absolute Gasteiger partial charge is 0.191 e. The van der Waals surface area contributed by atoms with E-state index in [2.05, 4.69) is 32.7 Å². The third-order valence-corrected chi connectivity index (χ3v) is 3.12. The predicted molar refractivity (Wildman–Crippen MR) is 81.2 cm³/mol. The van der Waals surface area contributed by atoms with Crippen molar-refractivity contribution in [1.29, 1.82) is 0 Å². The first kappa shape index (κ1) is 14.6. The fourth-order valence-corrected chi connectivity index (χ4v) is 2.01. The molecule has 20 heavy (non-hydrogen) atoms. The summed E-state index contributed by atoms with van der Waals surface area (Å²) in [4.78, 5) is 8.84. The van der Waals surface area contributed by atoms with Gasteiger partial charge >= 0.3 is 0 Å². The highest BCUT2D eigenvalue weighted by atomic mass is 32.2. The van der Waals surface area contributed by atoms with E-state index in [-0.39, 0.29) is 0 Å². The third kappa shape index (κ3) is 4.12. The number of thioether (sulfide) groups is 1. The third-order valence-electron chi connectivity index (χ3n) is 2.57. The quantitative estimate of drug-likeness (QED) is 0.600. The van der Waals surface area contributed by atoms with Gasteiger partial charge in [0.05, 0.1) is 6.54 Å². The van der Waals surface area contributed by atoms with Gasteiger partial charge in [-0.15, -0.1) is 0 Å². The highest BCUT2D eigenvalue weighted by molar-refractivity contribution is 7.98. The Balaban J connectivity index is 2.05. The van der Waals surface area contributed by atoms with Crippen molar-refractivity contribution in [1.82, 2.24) is 15.1 Å². The molecule has 0 saturated carbocycles. The molecule has 0 radical (unpaired) electrons. The Bertz CT molecular complexity index is 557. The first-order valence-corrected chi connectivity index (χ1v) is 7.76. The molecule has 6 nitrogen and oxygen atoms in total. The molecule has 0 spiro atoms. The predicted octanol–water partition coefficient (Wildman–Crippen LogP) is 2.93. The van der Waals surface area contributed by atoms with E-state index in [9.17, 15) is 0 Å². The summed E-state index contributed by atoms with van der Waals surface area (Å²) in [6.45, 7) is 5.47. The van der Waals surface area contributed by atoms with Crippen molar-refractivity contribution in [2.45, 2.75) is 32.0 Å². The van der Waals surface area contributed by atoms with E-state index in [0.29, 0.717) is 6.54 Å². The molecule has 0 aliphatic rings. The minimum atomic E-state index is 0.579. The molecule has 0 amide bonds. The molecule has 0 fully saturated rings. The van der Waals surface area contributed by atoms with Crippen molar-refractivity contribution in [2.24, 2.45) is 0 Å². The van der Waals surface area contributed by atoms with Crippen LogP contribution in [-0.2, 0) is 6.54 Å². The van der Waals surface area contributed by atoms with Gasteiger partial charge in [0, 0.05) is 18.7 Å². The minimum absolute atomic E-state index is 0.579. The van der Waals surface area contributed by atoms with E-state index >= 15 is 0 Å². The van der Waals surface area contributed by atoms with Gasteiger partial charge in [0.25, 0.3) is 0 Å². The topological polar surface area (TPSA) is 75.9 Å². The number of anilines is 2. The lowest BCUT2D eigenvalue weighted by molar-refractivity contribution is 0.391. The molecule has 2 rings (SSSR count). The molecule has 2 N–H and O–H groups in total. The summed E-state index contributed by atoms with van der Waals surface area (Å²) in [6.07, 6.45) is 3.02. The van der Waals surface area contributed by atoms with Crippen LogP contribution in [0.25, 0.3) is 0 Å². The van der Waals surface area contributed by atoms with Crippen LogP contribution in [0.1, 0.15) is 24.8 Å². The average molecular weight is 293 g/mol. The Labute approximate surface area is 122 Å². The van der Waals surface area contributed by atoms with Crippen LogP contribution in [-0.4, -0.2) is 27.9 Å². The largest absolute Gasteiger partial charge is 0.370 e. The standard InChI is InChI=1S/C13H19N5OS/c1-4-5-14-11-7-12(17-13(16-11)20-3)15-8-10-6-9(2)19-18-10/h6-7H,4-5,8H2,1-3H3,(H2,14,15,16,17). The second-order valence-electron chi connectivity index (χ2n) is 4.33. The number of aromatic nitrogens is 3. The summed E-state index contributed by atoms with van der Waals surface area (Å²) in [5, 5.41) is 11.2. The fourth-order valence-electron chi connectivity index (χ4n) is 1.63. The summed E-state index contributed by atoms with van der Waals surface area (Å²) >= 11 is 1.52. The molecule has 0 bridgehead atoms. The molecule has 0 aromatic carbocycles. The lowest BCUT2D eigenvalue weighted by Crippen LogP contribution is -2.07. The van der Waals surface area contributed by atoms with Gasteiger partial charge < -0.3 is 15.2 Å². The van der Waals surface area contributed by atoms with Crippen molar-refractivity contribution in [3.63, 3.8) is 0 Å². The average Bonchev–Trinajstić information content (AvgIpc) is 2.88. The van der Waals surface area contributed by atoms with E-state index in [1.54, 1.807) is 0 Å². The van der Waals surface area contributed by atoms with Crippen LogP contribution < -0.4 is 10.6 Å². The lowest BCUT2D eigenvalue weighted by atomic mass is 10.4. The lowest BCUT2D eigenvalue weighted by Gasteiger charge is -2.09. The number of rotatable bonds is 7. The molecule has 2 heterocycles. The molecule has 7 heteroatoms. The number of nitrogens with zero attached hydrogens (tertiary/aromatic N) is 3. The van der Waals surface area contributed by atoms with Crippen molar-refractivity contribution >= 4 is 23.4 Å². The van der Waals surface area contributed by atoms with Crippen molar-refractivity contribution in [3.8, 4) is 0 Å². The van der Waals surface area contributed by atoms with Gasteiger partial charge in [0.2, 0.25) is 0 Å². The monoisotopic (exact) mass is 293 g/mol. The molecule has 2 aromatic heterocycles. The maximum atomic E-state index is 5.04. The number of aryl methyl sites for hydroxylation is 1. The molecular formula is C13H19N5OS. The second-order valence-corrected chi connectivity index (χ2v) is 5.11. The van der Waals surface area contributed by atoms with E-state index in [4.69, 9.17) is 4.52 Å². The molecule has 108 valence electrons. The highest BCUT2D eigenvalue weighted by Crippen LogP contribution is 2.18. The SMILES string of the molecule is CCCNc1cc(NCc2cc(C)on2)nc(SC)n1. The van der Waals surface area contributed by atoms with Gasteiger partial charge in [-0.25, -0.2) is 9.97 Å². The Kier molecular flexibility index (Phi) is 5.23. The molecule has 2 aromatic rings. The van der Waals surface area contributed by atoms with Crippen molar-refractivity contribution in [2.75, 3.05) is 23.4 Å². The summed E-state index contributed by atoms with van der Waals surface area (Å²) in [5.41, 5.74) is 0.856. The Morgan fingerprint density at radius 3 is 2.55 bits per heavy atom. The molecular weight excluding hydrogens is 274 g/mol. The van der Waals surface area contributed by atoms with E-state index in [1.807, 2.05) is 25.3 Å². The zero-order valence-electron chi connectivity index (χ0n) is 11.9. The van der Waals surface area contributed by atoms with Crippen LogP contribution in [0.4, 0.5) is 11.6 Å². The van der Waals surface area contributed by atoms with Crippen molar-refractivity contribution < 1.29 is 4.52 Å². The summed E-state index contributed by atoms with van der Waals surface area (Å²) in [6, 6.07) is 3.81. The van der Waals surface area contributed by atoms with Crippen LogP contribution in [0.3, 0.4) is 0 Å². The van der Waals surface area contributed by atoms with Crippen LogP contribution in [0.15, 0.2) is 21.8 Å². The first-order chi connectivity index (χ1) is 9.71. The van der Waals surface area contributed by atoms with E-state index in [1.165, 1.54) is 11.8 Å². The van der Waals surface area contributed by atoms with Crippen LogP contribution in [0, 0.1) is 6.92 Å². The van der Waals surface area contributed by atoms with Gasteiger partial charge in [-0.3, -0.25) is 0 Å². The normalized spacial score (nSPS) is 10.6. The molecule has 0 unspecified atom stereocenters. The molecule has 0 atom stereocenters. The Morgan fingerprint density at radius 1 is 1.20 bits per heavy atom. The van der Waals surface area contributed by atoms with E-state index < -0.39 is 0 Å². The maximum Gasteiger partial charge on any atom is 0.191 e. The van der Waals surface area contributed by atoms with Gasteiger partial charge in [0.1, 0.15) is 23.1 Å². The van der Waals surface area contributed by atoms with Crippen molar-refractivity contribution in [3.05, 3.63) is 23.6 Å². The van der Waals surface area contributed by atoms with Gasteiger partial charge in [-0.05, 0) is 19.6 Å². The minimum Gasteiger partial charge on any atom is -0.370 e. The number of hydrogen-bond acceptors (Lipinski definition) is 7. The molecule has 0 saturated heterocycles. The zero-order valence-corrected chi connectivity index (χ0v) is 12.8. The number of nitrogens with one attached hydrogen (secondary N) is 2. The highest BCUT2D eigenvalue weighted by Gasteiger charge is 2.05. The van der Waals surface area contributed by atoms with Gasteiger partial charge in [-0.2, -0.15) is 0 Å². The number of hydrogen-bond donors (Lipinski definition) is 2. The van der Waals surface area contributed by atoms with Gasteiger partial charge in [0.15, 0.2) is 5.16 Å². The Hall–Kier alpha value is -1.76. The zero-order chi connectivity index (χ0) is 14.4. The van der Waals surface area contributed by atoms with Crippen LogP contribution >= 0.6 is 11.8 Å². The first-order valence-electron chi connectivity index (χ1n) is 6.54. The summed E-state index contributed by atoms with van der Waals surface area (Å²) in [7, 11) is 0. The van der Waals surface area contributed by atoms with Crippen LogP contribution in [0.5, 0.6) is 0 Å². The summed E-state index contributed by atoms with van der Waals surface area (Å²) < 4.78 is 5.04. The summed E-state index contributed by atoms with van der Waals surface area (Å²) in [5.74, 6) is 2.42. The van der Waals surface area contributed by atoms with E-state index in [0.717, 1.165) is 41.2 Å². The second kappa shape index (κ2) is 7.14. The molecule has 0 aliphatic heterocycles. The van der Waals surface area contributed by atoms with Crippen LogP contribution in [0.2, 0.25) is 0 Å². The Morgan fingerprint density at radius 2 is 1.95 bits per heavy atom. The molecule has 0 aliphatic carbocycles. The maximum absolute atomic E-state index is 5.04.